The van der Waals surface area contributed by atoms with E-state index in [1.54, 1.807) is 0 Å². The molecule has 3 nitrogen and oxygen atoms in total. The van der Waals surface area contributed by atoms with Crippen molar-refractivity contribution < 1.29 is 18.3 Å². The van der Waals surface area contributed by atoms with Crippen molar-refractivity contribution in [2.24, 2.45) is 0 Å². The maximum Gasteiger partial charge on any atom is 0.246 e. The fourth-order valence-electron chi connectivity index (χ4n) is 1.46. The first-order chi connectivity index (χ1) is 7.16. The molecule has 1 saturated heterocycles. The molecule has 1 N–H and O–H groups in total. The fraction of sp³-hybridized carbons (Fsp3) is 0.300. The van der Waals surface area contributed by atoms with Gasteiger partial charge in [-0.05, 0) is 6.07 Å². The van der Waals surface area contributed by atoms with E-state index in [4.69, 9.17) is 4.74 Å². The van der Waals surface area contributed by atoms with E-state index < -0.39 is 17.7 Å². The van der Waals surface area contributed by atoms with Crippen LogP contribution < -0.4 is 5.32 Å². The molecule has 1 aliphatic heterocycles. The molecule has 2 rings (SSSR count). The van der Waals surface area contributed by atoms with Gasteiger partial charge in [0.05, 0.1) is 0 Å². The van der Waals surface area contributed by atoms with Crippen LogP contribution in [-0.4, -0.2) is 19.1 Å². The molecule has 80 valence electrons. The summed E-state index contributed by atoms with van der Waals surface area (Å²) in [6.45, 7) is 0.114. The quantitative estimate of drug-likeness (QED) is 0.760. The van der Waals surface area contributed by atoms with Gasteiger partial charge in [-0.15, -0.1) is 0 Å². The van der Waals surface area contributed by atoms with Gasteiger partial charge >= 0.3 is 0 Å². The third-order valence-electron chi connectivity index (χ3n) is 2.21. The molecule has 0 saturated carbocycles. The van der Waals surface area contributed by atoms with E-state index in [1.807, 2.05) is 0 Å². The summed E-state index contributed by atoms with van der Waals surface area (Å²) in [6.07, 6.45) is -0.539. The van der Waals surface area contributed by atoms with Crippen molar-refractivity contribution in [2.75, 3.05) is 13.2 Å². The number of carbonyl (C=O) groups is 1. The Labute approximate surface area is 85.0 Å². The van der Waals surface area contributed by atoms with E-state index in [0.717, 1.165) is 12.1 Å². The maximum absolute atomic E-state index is 13.3. The van der Waals surface area contributed by atoms with Crippen molar-refractivity contribution >= 4 is 5.91 Å². The summed E-state index contributed by atoms with van der Waals surface area (Å²) in [7, 11) is 0. The van der Waals surface area contributed by atoms with Gasteiger partial charge in [0.2, 0.25) is 5.91 Å². The predicted molar refractivity (Wildman–Crippen MR) is 48.1 cm³/mol. The van der Waals surface area contributed by atoms with E-state index in [0.29, 0.717) is 0 Å². The number of halogens is 2. The van der Waals surface area contributed by atoms with Crippen LogP contribution in [0.1, 0.15) is 11.7 Å². The van der Waals surface area contributed by atoms with Gasteiger partial charge in [0.25, 0.3) is 0 Å². The molecular weight excluding hydrogens is 204 g/mol. The highest BCUT2D eigenvalue weighted by Crippen LogP contribution is 2.22. The SMILES string of the molecule is O=C1CO[C@@H](c2ccc(F)cc2F)CN1. The molecule has 0 unspecified atom stereocenters. The van der Waals surface area contributed by atoms with Crippen molar-refractivity contribution in [1.82, 2.24) is 5.32 Å². The van der Waals surface area contributed by atoms with Crippen molar-refractivity contribution in [3.63, 3.8) is 0 Å². The first kappa shape index (κ1) is 10.0. The van der Waals surface area contributed by atoms with Crippen LogP contribution in [0.3, 0.4) is 0 Å². The summed E-state index contributed by atoms with van der Waals surface area (Å²) in [6, 6.07) is 3.29. The highest BCUT2D eigenvalue weighted by atomic mass is 19.1. The molecule has 1 amide bonds. The molecule has 1 aromatic carbocycles. The van der Waals surface area contributed by atoms with Crippen molar-refractivity contribution in [3.05, 3.63) is 35.4 Å². The maximum atomic E-state index is 13.3. The number of rotatable bonds is 1. The highest BCUT2D eigenvalue weighted by Gasteiger charge is 2.22. The van der Waals surface area contributed by atoms with E-state index in [9.17, 15) is 13.6 Å². The van der Waals surface area contributed by atoms with E-state index in [-0.39, 0.29) is 24.6 Å². The van der Waals surface area contributed by atoms with Crippen LogP contribution >= 0.6 is 0 Å². The number of carbonyl (C=O) groups excluding carboxylic acids is 1. The zero-order valence-corrected chi connectivity index (χ0v) is 7.80. The minimum Gasteiger partial charge on any atom is -0.362 e. The molecule has 0 spiro atoms. The Morgan fingerprint density at radius 1 is 1.40 bits per heavy atom. The average molecular weight is 213 g/mol. The van der Waals surface area contributed by atoms with Crippen molar-refractivity contribution in [1.29, 1.82) is 0 Å². The van der Waals surface area contributed by atoms with E-state index in [1.165, 1.54) is 6.07 Å². The Kier molecular flexibility index (Phi) is 2.64. The highest BCUT2D eigenvalue weighted by molar-refractivity contribution is 5.77. The lowest BCUT2D eigenvalue weighted by atomic mass is 10.1. The van der Waals surface area contributed by atoms with E-state index >= 15 is 0 Å². The van der Waals surface area contributed by atoms with Gasteiger partial charge in [-0.1, -0.05) is 6.07 Å². The van der Waals surface area contributed by atoms with Gasteiger partial charge in [-0.3, -0.25) is 4.79 Å². The molecule has 15 heavy (non-hydrogen) atoms. The summed E-state index contributed by atoms with van der Waals surface area (Å²) < 4.78 is 31.0. The fourth-order valence-corrected chi connectivity index (χ4v) is 1.46. The van der Waals surface area contributed by atoms with Crippen molar-refractivity contribution in [3.8, 4) is 0 Å². The third kappa shape index (κ3) is 2.12. The molecule has 1 heterocycles. The first-order valence-corrected chi connectivity index (χ1v) is 4.50. The molecule has 0 aromatic heterocycles. The Balaban J connectivity index is 2.19. The van der Waals surface area contributed by atoms with Crippen LogP contribution in [0.4, 0.5) is 8.78 Å². The lowest BCUT2D eigenvalue weighted by Crippen LogP contribution is -2.38. The van der Waals surface area contributed by atoms with Gasteiger partial charge in [0.15, 0.2) is 0 Å². The summed E-state index contributed by atoms with van der Waals surface area (Å²) in [5, 5.41) is 2.55. The predicted octanol–water partition coefficient (Wildman–Crippen LogP) is 1.15. The second kappa shape index (κ2) is 3.94. The largest absolute Gasteiger partial charge is 0.362 e. The molecule has 0 aliphatic carbocycles. The number of hydrogen-bond donors (Lipinski definition) is 1. The minimum absolute atomic E-state index is 0.0958. The molecule has 0 bridgehead atoms. The summed E-state index contributed by atoms with van der Waals surface area (Å²) in [5.74, 6) is -1.51. The number of hydrogen-bond acceptors (Lipinski definition) is 2. The van der Waals surface area contributed by atoms with Crippen LogP contribution in [-0.2, 0) is 9.53 Å². The molecule has 0 radical (unpaired) electrons. The molecule has 1 aliphatic rings. The van der Waals surface area contributed by atoms with Gasteiger partial charge in [0.1, 0.15) is 24.3 Å². The number of amides is 1. The number of benzene rings is 1. The lowest BCUT2D eigenvalue weighted by Gasteiger charge is -2.23. The second-order valence-corrected chi connectivity index (χ2v) is 3.27. The number of morpholine rings is 1. The molecule has 1 aromatic rings. The van der Waals surface area contributed by atoms with Crippen LogP contribution in [0, 0.1) is 11.6 Å². The normalized spacial score (nSPS) is 21.2. The summed E-state index contributed by atoms with van der Waals surface area (Å²) >= 11 is 0. The second-order valence-electron chi connectivity index (χ2n) is 3.27. The van der Waals surface area contributed by atoms with Crippen LogP contribution in [0.15, 0.2) is 18.2 Å². The van der Waals surface area contributed by atoms with Gasteiger partial charge < -0.3 is 10.1 Å². The number of ether oxygens (including phenoxy) is 1. The molecule has 1 fully saturated rings. The lowest BCUT2D eigenvalue weighted by molar-refractivity contribution is -0.133. The van der Waals surface area contributed by atoms with Gasteiger partial charge in [-0.25, -0.2) is 8.78 Å². The topological polar surface area (TPSA) is 38.3 Å². The van der Waals surface area contributed by atoms with Crippen LogP contribution in [0.5, 0.6) is 0 Å². The Bertz CT molecular complexity index is 385. The number of nitrogens with one attached hydrogen (secondary N) is 1. The Morgan fingerprint density at radius 3 is 2.80 bits per heavy atom. The minimum atomic E-state index is -0.656. The summed E-state index contributed by atoms with van der Waals surface area (Å²) in [4.78, 5) is 10.8. The van der Waals surface area contributed by atoms with Gasteiger partial charge in [-0.2, -0.15) is 0 Å². The molecular formula is C10H9F2NO2. The molecule has 1 atom stereocenters. The average Bonchev–Trinajstić information content (AvgIpc) is 2.20. The summed E-state index contributed by atoms with van der Waals surface area (Å²) in [5.41, 5.74) is 0.261. The van der Waals surface area contributed by atoms with E-state index in [2.05, 4.69) is 5.32 Å². The van der Waals surface area contributed by atoms with Crippen molar-refractivity contribution in [2.45, 2.75) is 6.10 Å². The zero-order chi connectivity index (χ0) is 10.8. The van der Waals surface area contributed by atoms with Crippen LogP contribution in [0.2, 0.25) is 0 Å². The third-order valence-corrected chi connectivity index (χ3v) is 2.21. The first-order valence-electron chi connectivity index (χ1n) is 4.50. The van der Waals surface area contributed by atoms with Gasteiger partial charge in [0, 0.05) is 18.2 Å². The Hall–Kier alpha value is -1.49. The molecule has 5 heteroatoms. The zero-order valence-electron chi connectivity index (χ0n) is 7.80. The van der Waals surface area contributed by atoms with Crippen LogP contribution in [0.25, 0.3) is 0 Å². The Morgan fingerprint density at radius 2 is 2.20 bits per heavy atom. The standard InChI is InChI=1S/C10H9F2NO2/c11-6-1-2-7(8(12)3-6)9-4-13-10(14)5-15-9/h1-3,9H,4-5H2,(H,13,14)/t9-/m1/s1. The monoisotopic (exact) mass is 213 g/mol. The smallest absolute Gasteiger partial charge is 0.246 e.